The molecule has 5 atom stereocenters. The van der Waals surface area contributed by atoms with E-state index in [-0.39, 0.29) is 0 Å². The lowest BCUT2D eigenvalue weighted by atomic mass is 9.87. The van der Waals surface area contributed by atoms with E-state index in [1.807, 2.05) is 0 Å². The number of hydrogen-bond donors (Lipinski definition) is 1. The first kappa shape index (κ1) is 14.8. The monoisotopic (exact) mass is 279 g/mol. The van der Waals surface area contributed by atoms with E-state index < -0.39 is 0 Å². The highest BCUT2D eigenvalue weighted by atomic mass is 15.2. The minimum absolute atomic E-state index is 0.734. The van der Waals surface area contributed by atoms with Crippen molar-refractivity contribution < 1.29 is 0 Å². The van der Waals surface area contributed by atoms with E-state index in [0.717, 1.165) is 36.0 Å². The van der Waals surface area contributed by atoms with Crippen LogP contribution >= 0.6 is 0 Å². The molecule has 3 aliphatic rings. The number of nitrogens with zero attached hydrogens (tertiary/aromatic N) is 2. The van der Waals surface area contributed by atoms with Crippen molar-refractivity contribution in [2.45, 2.75) is 70.1 Å². The number of nitrogens with one attached hydrogen (secondary N) is 1. The largest absolute Gasteiger partial charge is 0.313 e. The van der Waals surface area contributed by atoms with Crippen LogP contribution in [0.3, 0.4) is 0 Å². The Kier molecular flexibility index (Phi) is 4.40. The van der Waals surface area contributed by atoms with Crippen LogP contribution in [0, 0.1) is 11.8 Å². The van der Waals surface area contributed by atoms with Gasteiger partial charge in [0, 0.05) is 30.7 Å². The lowest BCUT2D eigenvalue weighted by Crippen LogP contribution is -2.52. The van der Waals surface area contributed by atoms with Crippen molar-refractivity contribution in [3.63, 3.8) is 0 Å². The first-order chi connectivity index (χ1) is 9.54. The van der Waals surface area contributed by atoms with E-state index in [2.05, 4.69) is 43.1 Å². The Hall–Kier alpha value is -0.120. The maximum atomic E-state index is 3.93. The fourth-order valence-electron chi connectivity index (χ4n) is 4.83. The van der Waals surface area contributed by atoms with Gasteiger partial charge in [-0.05, 0) is 71.5 Å². The molecule has 3 rings (SSSR count). The van der Waals surface area contributed by atoms with Gasteiger partial charge in [0.05, 0.1) is 0 Å². The second-order valence-electron chi connectivity index (χ2n) is 7.90. The number of rotatable bonds is 3. The smallest absolute Gasteiger partial charge is 0.0120 e. The standard InChI is InChI=1S/C17H33N3/c1-12-11-19(3)13(2)7-17(12)18-10-14-8-15-5-6-16(9-14)20(15)4/h12-18H,5-11H2,1-4H3. The van der Waals surface area contributed by atoms with Gasteiger partial charge in [0.1, 0.15) is 0 Å². The van der Waals surface area contributed by atoms with Gasteiger partial charge in [0.25, 0.3) is 0 Å². The molecule has 0 aromatic rings. The molecular weight excluding hydrogens is 246 g/mol. The Morgan fingerprint density at radius 2 is 1.65 bits per heavy atom. The molecule has 1 N–H and O–H groups in total. The van der Waals surface area contributed by atoms with Crippen molar-refractivity contribution in [3.05, 3.63) is 0 Å². The predicted molar refractivity (Wildman–Crippen MR) is 85.0 cm³/mol. The quantitative estimate of drug-likeness (QED) is 0.854. The van der Waals surface area contributed by atoms with Crippen molar-refractivity contribution in [1.82, 2.24) is 15.1 Å². The van der Waals surface area contributed by atoms with E-state index in [1.165, 1.54) is 45.2 Å². The summed E-state index contributed by atoms with van der Waals surface area (Å²) in [6.45, 7) is 7.29. The second kappa shape index (κ2) is 5.94. The summed E-state index contributed by atoms with van der Waals surface area (Å²) >= 11 is 0. The van der Waals surface area contributed by atoms with E-state index in [1.54, 1.807) is 0 Å². The van der Waals surface area contributed by atoms with Crippen LogP contribution in [0.5, 0.6) is 0 Å². The molecule has 2 bridgehead atoms. The van der Waals surface area contributed by atoms with Gasteiger partial charge in [-0.2, -0.15) is 0 Å². The lowest BCUT2D eigenvalue weighted by molar-refractivity contribution is 0.103. The molecule has 0 spiro atoms. The third-order valence-electron chi connectivity index (χ3n) is 6.47. The van der Waals surface area contributed by atoms with Gasteiger partial charge < -0.3 is 15.1 Å². The van der Waals surface area contributed by atoms with Gasteiger partial charge in [-0.25, -0.2) is 0 Å². The van der Waals surface area contributed by atoms with Gasteiger partial charge in [-0.15, -0.1) is 0 Å². The SMILES string of the molecule is CC1CN(C)C(C)CC1NCC1CC2CCC(C1)N2C. The number of fused-ring (bicyclic) bond motifs is 2. The summed E-state index contributed by atoms with van der Waals surface area (Å²) in [5.41, 5.74) is 0. The van der Waals surface area contributed by atoms with Gasteiger partial charge in [0.2, 0.25) is 0 Å². The fourth-order valence-corrected chi connectivity index (χ4v) is 4.83. The average Bonchev–Trinajstić information content (AvgIpc) is 2.64. The zero-order chi connectivity index (χ0) is 14.3. The maximum absolute atomic E-state index is 3.93. The minimum atomic E-state index is 0.734. The molecule has 5 unspecified atom stereocenters. The van der Waals surface area contributed by atoms with Crippen LogP contribution in [0.2, 0.25) is 0 Å². The minimum Gasteiger partial charge on any atom is -0.313 e. The molecule has 3 heteroatoms. The van der Waals surface area contributed by atoms with E-state index >= 15 is 0 Å². The molecule has 3 fully saturated rings. The highest BCUT2D eigenvalue weighted by molar-refractivity contribution is 4.95. The Balaban J connectivity index is 1.48. The topological polar surface area (TPSA) is 18.5 Å². The summed E-state index contributed by atoms with van der Waals surface area (Å²) < 4.78 is 0. The van der Waals surface area contributed by atoms with Gasteiger partial charge in [-0.3, -0.25) is 0 Å². The summed E-state index contributed by atoms with van der Waals surface area (Å²) in [6, 6.07) is 3.24. The molecule has 0 saturated carbocycles. The number of piperidine rings is 2. The third-order valence-corrected chi connectivity index (χ3v) is 6.47. The zero-order valence-electron chi connectivity index (χ0n) is 13.8. The zero-order valence-corrected chi connectivity index (χ0v) is 13.8. The number of hydrogen-bond acceptors (Lipinski definition) is 3. The van der Waals surface area contributed by atoms with Crippen molar-refractivity contribution in [1.29, 1.82) is 0 Å². The predicted octanol–water partition coefficient (Wildman–Crippen LogP) is 2.18. The average molecular weight is 279 g/mol. The van der Waals surface area contributed by atoms with Crippen LogP contribution in [0.15, 0.2) is 0 Å². The van der Waals surface area contributed by atoms with Gasteiger partial charge >= 0.3 is 0 Å². The first-order valence-electron chi connectivity index (χ1n) is 8.70. The van der Waals surface area contributed by atoms with Crippen LogP contribution in [0.25, 0.3) is 0 Å². The Morgan fingerprint density at radius 3 is 2.30 bits per heavy atom. The Labute approximate surface area is 125 Å². The molecule has 3 nitrogen and oxygen atoms in total. The van der Waals surface area contributed by atoms with Crippen molar-refractivity contribution >= 4 is 0 Å². The molecule has 20 heavy (non-hydrogen) atoms. The van der Waals surface area contributed by atoms with Gasteiger partial charge in [0.15, 0.2) is 0 Å². The van der Waals surface area contributed by atoms with E-state index in [9.17, 15) is 0 Å². The summed E-state index contributed by atoms with van der Waals surface area (Å²) in [5, 5.41) is 3.93. The maximum Gasteiger partial charge on any atom is 0.0120 e. The van der Waals surface area contributed by atoms with E-state index in [4.69, 9.17) is 0 Å². The van der Waals surface area contributed by atoms with Crippen LogP contribution in [0.4, 0.5) is 0 Å². The van der Waals surface area contributed by atoms with Gasteiger partial charge in [-0.1, -0.05) is 6.92 Å². The van der Waals surface area contributed by atoms with Crippen LogP contribution in [-0.2, 0) is 0 Å². The van der Waals surface area contributed by atoms with Crippen LogP contribution in [0.1, 0.15) is 46.0 Å². The Morgan fingerprint density at radius 1 is 1.00 bits per heavy atom. The highest BCUT2D eigenvalue weighted by Crippen LogP contribution is 2.37. The van der Waals surface area contributed by atoms with Crippen molar-refractivity contribution in [3.8, 4) is 0 Å². The fraction of sp³-hybridized carbons (Fsp3) is 1.00. The molecule has 3 aliphatic heterocycles. The lowest BCUT2D eigenvalue weighted by Gasteiger charge is -2.42. The Bertz CT molecular complexity index is 318. The molecule has 0 amide bonds. The summed E-state index contributed by atoms with van der Waals surface area (Å²) in [7, 11) is 4.61. The molecular formula is C17H33N3. The summed E-state index contributed by atoms with van der Waals surface area (Å²) in [6.07, 6.45) is 7.06. The first-order valence-corrected chi connectivity index (χ1v) is 8.70. The normalized spacial score (nSPS) is 46.8. The third kappa shape index (κ3) is 2.90. The molecule has 0 radical (unpaired) electrons. The molecule has 116 valence electrons. The van der Waals surface area contributed by atoms with E-state index in [0.29, 0.717) is 0 Å². The molecule has 0 aliphatic carbocycles. The highest BCUT2D eigenvalue weighted by Gasteiger charge is 2.38. The summed E-state index contributed by atoms with van der Waals surface area (Å²) in [5.74, 6) is 1.71. The number of likely N-dealkylation sites (tertiary alicyclic amines) is 1. The second-order valence-corrected chi connectivity index (χ2v) is 7.90. The van der Waals surface area contributed by atoms with Crippen molar-refractivity contribution in [2.24, 2.45) is 11.8 Å². The molecule has 0 aromatic carbocycles. The van der Waals surface area contributed by atoms with Crippen LogP contribution in [-0.4, -0.2) is 61.2 Å². The van der Waals surface area contributed by atoms with Crippen LogP contribution < -0.4 is 5.32 Å². The molecule has 3 saturated heterocycles. The van der Waals surface area contributed by atoms with Crippen molar-refractivity contribution in [2.75, 3.05) is 27.2 Å². The summed E-state index contributed by atoms with van der Waals surface area (Å²) in [4.78, 5) is 5.16. The molecule has 0 aromatic heterocycles. The molecule has 3 heterocycles.